The van der Waals surface area contributed by atoms with Gasteiger partial charge in [0.15, 0.2) is 0 Å². The normalized spacial score (nSPS) is 10.7. The van der Waals surface area contributed by atoms with Crippen LogP contribution in [0.25, 0.3) is 0 Å². The van der Waals surface area contributed by atoms with E-state index in [-0.39, 0.29) is 0 Å². The molecule has 114 valence electrons. The molecule has 0 bridgehead atoms. The fourth-order valence-electron chi connectivity index (χ4n) is 2.16. The maximum atomic E-state index is 5.71. The molecule has 2 rings (SSSR count). The second-order valence-electron chi connectivity index (χ2n) is 4.88. The number of aryl methyl sites for hydroxylation is 1. The van der Waals surface area contributed by atoms with Gasteiger partial charge in [0, 0.05) is 38.6 Å². The Morgan fingerprint density at radius 1 is 1.05 bits per heavy atom. The van der Waals surface area contributed by atoms with Gasteiger partial charge in [0.1, 0.15) is 5.75 Å². The summed E-state index contributed by atoms with van der Waals surface area (Å²) in [6, 6.07) is 14.2. The number of hydrogen-bond donors (Lipinski definition) is 1. The van der Waals surface area contributed by atoms with Crippen LogP contribution < -0.4 is 10.1 Å². The molecule has 0 saturated heterocycles. The monoisotopic (exact) mass is 288 g/mol. The predicted octanol–water partition coefficient (Wildman–Crippen LogP) is 2.69. The van der Waals surface area contributed by atoms with E-state index in [0.717, 1.165) is 45.0 Å². The van der Waals surface area contributed by atoms with E-state index in [1.165, 1.54) is 5.69 Å². The molecule has 1 N–H and O–H groups in total. The molecule has 2 aromatic rings. The van der Waals surface area contributed by atoms with E-state index in [9.17, 15) is 0 Å². The molecule has 0 atom stereocenters. The molecule has 0 amide bonds. The summed E-state index contributed by atoms with van der Waals surface area (Å²) in [6.07, 6.45) is 3.12. The van der Waals surface area contributed by atoms with Gasteiger partial charge in [0.05, 0.1) is 13.2 Å². The Bertz CT molecular complexity index is 497. The quantitative estimate of drug-likeness (QED) is 0.683. The number of ether oxygens (including phenoxy) is 2. The zero-order valence-electron chi connectivity index (χ0n) is 12.6. The fourth-order valence-corrected chi connectivity index (χ4v) is 2.16. The molecule has 0 spiro atoms. The summed E-state index contributed by atoms with van der Waals surface area (Å²) in [6.45, 7) is 4.19. The van der Waals surface area contributed by atoms with Crippen molar-refractivity contribution in [2.75, 3.05) is 26.9 Å². The first kappa shape index (κ1) is 15.6. The minimum absolute atomic E-state index is 0.735. The van der Waals surface area contributed by atoms with Gasteiger partial charge >= 0.3 is 0 Å². The molecule has 0 aliphatic heterocycles. The summed E-state index contributed by atoms with van der Waals surface area (Å²) in [5.74, 6) is 0.937. The van der Waals surface area contributed by atoms with Crippen molar-refractivity contribution in [2.45, 2.75) is 19.5 Å². The summed E-state index contributed by atoms with van der Waals surface area (Å²) in [4.78, 5) is 0. The molecule has 0 unspecified atom stereocenters. The lowest BCUT2D eigenvalue weighted by molar-refractivity contribution is 0.199. The van der Waals surface area contributed by atoms with Gasteiger partial charge in [-0.1, -0.05) is 18.2 Å². The van der Waals surface area contributed by atoms with E-state index in [0.29, 0.717) is 0 Å². The van der Waals surface area contributed by atoms with Gasteiger partial charge in [-0.25, -0.2) is 0 Å². The van der Waals surface area contributed by atoms with Crippen molar-refractivity contribution < 1.29 is 9.47 Å². The summed E-state index contributed by atoms with van der Waals surface area (Å²) >= 11 is 0. The molecule has 1 aromatic heterocycles. The maximum absolute atomic E-state index is 5.71. The van der Waals surface area contributed by atoms with Crippen molar-refractivity contribution in [1.29, 1.82) is 0 Å². The van der Waals surface area contributed by atoms with Crippen molar-refractivity contribution in [3.63, 3.8) is 0 Å². The molecule has 0 saturated carbocycles. The van der Waals surface area contributed by atoms with Crippen LogP contribution in [0, 0.1) is 0 Å². The molecule has 21 heavy (non-hydrogen) atoms. The molecule has 4 nitrogen and oxygen atoms in total. The van der Waals surface area contributed by atoms with E-state index in [1.807, 2.05) is 30.3 Å². The largest absolute Gasteiger partial charge is 0.494 e. The van der Waals surface area contributed by atoms with E-state index in [4.69, 9.17) is 9.47 Å². The zero-order chi connectivity index (χ0) is 14.8. The van der Waals surface area contributed by atoms with Crippen molar-refractivity contribution in [1.82, 2.24) is 9.88 Å². The summed E-state index contributed by atoms with van der Waals surface area (Å²) in [7, 11) is 1.72. The lowest BCUT2D eigenvalue weighted by Crippen LogP contribution is -2.20. The van der Waals surface area contributed by atoms with Crippen molar-refractivity contribution in [3.8, 4) is 5.75 Å². The third-order valence-electron chi connectivity index (χ3n) is 3.27. The Morgan fingerprint density at radius 3 is 2.71 bits per heavy atom. The van der Waals surface area contributed by atoms with Crippen LogP contribution in [0.4, 0.5) is 0 Å². The molecule has 0 radical (unpaired) electrons. The minimum atomic E-state index is 0.735. The topological polar surface area (TPSA) is 35.4 Å². The first-order chi connectivity index (χ1) is 10.4. The third-order valence-corrected chi connectivity index (χ3v) is 3.27. The molecule has 0 fully saturated rings. The summed E-state index contributed by atoms with van der Waals surface area (Å²) in [5.41, 5.74) is 1.30. The Hall–Kier alpha value is -1.78. The van der Waals surface area contributed by atoms with Crippen molar-refractivity contribution in [3.05, 3.63) is 54.4 Å². The average Bonchev–Trinajstić information content (AvgIpc) is 2.97. The van der Waals surface area contributed by atoms with Crippen LogP contribution in [0.1, 0.15) is 12.1 Å². The van der Waals surface area contributed by atoms with Crippen LogP contribution in [0.15, 0.2) is 48.7 Å². The number of rotatable bonds is 10. The number of aromatic nitrogens is 1. The van der Waals surface area contributed by atoms with Gasteiger partial charge in [-0.2, -0.15) is 0 Å². The SMILES string of the molecule is COCCNCc1cccn1CCCOc1ccccc1. The Balaban J connectivity index is 1.67. The van der Waals surface area contributed by atoms with Crippen LogP contribution >= 0.6 is 0 Å². The second kappa shape index (κ2) is 9.21. The first-order valence-corrected chi connectivity index (χ1v) is 7.41. The van der Waals surface area contributed by atoms with Crippen LogP contribution in [0.5, 0.6) is 5.75 Å². The Morgan fingerprint density at radius 2 is 1.90 bits per heavy atom. The Kier molecular flexibility index (Phi) is 6.84. The van der Waals surface area contributed by atoms with Gasteiger partial charge < -0.3 is 19.4 Å². The number of methoxy groups -OCH3 is 1. The van der Waals surface area contributed by atoms with E-state index in [1.54, 1.807) is 7.11 Å². The van der Waals surface area contributed by atoms with Gasteiger partial charge in [-0.3, -0.25) is 0 Å². The van der Waals surface area contributed by atoms with E-state index < -0.39 is 0 Å². The standard InChI is InChI=1S/C17H24N2O2/c1-20-14-10-18-15-16-7-5-11-19(16)12-6-13-21-17-8-3-2-4-9-17/h2-5,7-9,11,18H,6,10,12-15H2,1H3. The molecule has 1 aromatic carbocycles. The van der Waals surface area contributed by atoms with E-state index >= 15 is 0 Å². The molecule has 0 aliphatic carbocycles. The smallest absolute Gasteiger partial charge is 0.119 e. The number of nitrogens with one attached hydrogen (secondary N) is 1. The average molecular weight is 288 g/mol. The second-order valence-corrected chi connectivity index (χ2v) is 4.88. The van der Waals surface area contributed by atoms with Crippen molar-refractivity contribution >= 4 is 0 Å². The number of nitrogens with zero attached hydrogens (tertiary/aromatic N) is 1. The lowest BCUT2D eigenvalue weighted by Gasteiger charge is -2.11. The number of benzene rings is 1. The van der Waals surface area contributed by atoms with Crippen LogP contribution in [-0.2, 0) is 17.8 Å². The summed E-state index contributed by atoms with van der Waals surface area (Å²) < 4.78 is 13.0. The molecular weight excluding hydrogens is 264 g/mol. The molecule has 1 heterocycles. The molecule has 4 heteroatoms. The Labute approximate surface area is 126 Å². The zero-order valence-corrected chi connectivity index (χ0v) is 12.6. The lowest BCUT2D eigenvalue weighted by atomic mass is 10.3. The van der Waals surface area contributed by atoms with Gasteiger partial charge in [-0.15, -0.1) is 0 Å². The van der Waals surface area contributed by atoms with Gasteiger partial charge in [-0.05, 0) is 30.7 Å². The highest BCUT2D eigenvalue weighted by molar-refractivity contribution is 5.20. The van der Waals surface area contributed by atoms with Crippen LogP contribution in [-0.4, -0.2) is 31.4 Å². The highest BCUT2D eigenvalue weighted by Gasteiger charge is 2.00. The number of para-hydroxylation sites is 1. The highest BCUT2D eigenvalue weighted by atomic mass is 16.5. The third kappa shape index (κ3) is 5.61. The van der Waals surface area contributed by atoms with E-state index in [2.05, 4.69) is 28.2 Å². The predicted molar refractivity (Wildman–Crippen MR) is 84.6 cm³/mol. The fraction of sp³-hybridized carbons (Fsp3) is 0.412. The molecule has 0 aliphatic rings. The molecular formula is C17H24N2O2. The van der Waals surface area contributed by atoms with Crippen LogP contribution in [0.3, 0.4) is 0 Å². The highest BCUT2D eigenvalue weighted by Crippen LogP contribution is 2.09. The first-order valence-electron chi connectivity index (χ1n) is 7.41. The maximum Gasteiger partial charge on any atom is 0.119 e. The minimum Gasteiger partial charge on any atom is -0.494 e. The summed E-state index contributed by atoms with van der Waals surface area (Å²) in [5, 5.41) is 3.37. The number of hydrogen-bond acceptors (Lipinski definition) is 3. The van der Waals surface area contributed by atoms with Gasteiger partial charge in [0.25, 0.3) is 0 Å². The van der Waals surface area contributed by atoms with Gasteiger partial charge in [0.2, 0.25) is 0 Å². The van der Waals surface area contributed by atoms with Crippen molar-refractivity contribution in [2.24, 2.45) is 0 Å². The van der Waals surface area contributed by atoms with Crippen LogP contribution in [0.2, 0.25) is 0 Å².